The first-order valence-electron chi connectivity index (χ1n) is 12.1. The monoisotopic (exact) mass is 513 g/mol. The van der Waals surface area contributed by atoms with E-state index < -0.39 is 22.2 Å². The van der Waals surface area contributed by atoms with E-state index in [1.807, 2.05) is 18.2 Å². The zero-order valence-corrected chi connectivity index (χ0v) is 21.2. The van der Waals surface area contributed by atoms with E-state index in [2.05, 4.69) is 14.9 Å². The van der Waals surface area contributed by atoms with E-state index in [-0.39, 0.29) is 10.8 Å². The van der Waals surface area contributed by atoms with Crippen molar-refractivity contribution in [3.8, 4) is 11.3 Å². The molecule has 192 valence electrons. The first-order valence-corrected chi connectivity index (χ1v) is 13.5. The number of nitrogens with zero attached hydrogens (tertiary/aromatic N) is 4. The molecule has 0 aliphatic carbocycles. The van der Waals surface area contributed by atoms with Crippen LogP contribution >= 0.6 is 0 Å². The molecule has 10 nitrogen and oxygen atoms in total. The molecule has 3 aromatic rings. The largest absolute Gasteiger partial charge is 0.391 e. The maximum absolute atomic E-state index is 13.7. The summed E-state index contributed by atoms with van der Waals surface area (Å²) in [7, 11) is -0.685. The first kappa shape index (κ1) is 24.7. The van der Waals surface area contributed by atoms with E-state index in [4.69, 9.17) is 4.74 Å². The van der Waals surface area contributed by atoms with Crippen LogP contribution in [0.5, 0.6) is 0 Å². The van der Waals surface area contributed by atoms with E-state index in [9.17, 15) is 18.3 Å². The molecule has 5 rings (SSSR count). The highest BCUT2D eigenvalue weighted by atomic mass is 32.2. The van der Waals surface area contributed by atoms with Crippen LogP contribution in [0.3, 0.4) is 0 Å². The van der Waals surface area contributed by atoms with Gasteiger partial charge in [0.15, 0.2) is 0 Å². The molecule has 36 heavy (non-hydrogen) atoms. The maximum atomic E-state index is 13.7. The second-order valence-corrected chi connectivity index (χ2v) is 11.3. The quantitative estimate of drug-likeness (QED) is 0.470. The number of aromatic nitrogens is 2. The number of methoxy groups -OCH3 is 1. The number of fused-ring (bicyclic) bond motifs is 1. The highest BCUT2D eigenvalue weighted by molar-refractivity contribution is 7.89. The molecule has 1 amide bonds. The number of aromatic amines is 1. The molecule has 2 atom stereocenters. The number of hydrogen-bond acceptors (Lipinski definition) is 7. The minimum atomic E-state index is -3.90. The van der Waals surface area contributed by atoms with E-state index in [1.165, 1.54) is 9.21 Å². The number of carbonyl (C=O) groups excluding carboxylic acids is 1. The Morgan fingerprint density at radius 3 is 2.75 bits per heavy atom. The van der Waals surface area contributed by atoms with Gasteiger partial charge in [-0.2, -0.15) is 4.31 Å². The molecule has 2 saturated heterocycles. The van der Waals surface area contributed by atoms with Gasteiger partial charge in [-0.05, 0) is 49.2 Å². The van der Waals surface area contributed by atoms with Crippen LogP contribution in [0.2, 0.25) is 0 Å². The summed E-state index contributed by atoms with van der Waals surface area (Å²) in [5.41, 5.74) is 3.92. The number of pyridine rings is 1. The zero-order chi connectivity index (χ0) is 25.4. The second-order valence-electron chi connectivity index (χ2n) is 9.36. The average Bonchev–Trinajstić information content (AvgIpc) is 3.47. The number of amides is 1. The molecule has 2 aliphatic heterocycles. The van der Waals surface area contributed by atoms with Crippen LogP contribution in [-0.2, 0) is 19.6 Å². The molecule has 0 spiro atoms. The Balaban J connectivity index is 1.50. The van der Waals surface area contributed by atoms with Gasteiger partial charge in [0.25, 0.3) is 0 Å². The Morgan fingerprint density at radius 2 is 2.08 bits per heavy atom. The summed E-state index contributed by atoms with van der Waals surface area (Å²) in [6.07, 6.45) is 2.43. The van der Waals surface area contributed by atoms with Gasteiger partial charge in [0.2, 0.25) is 15.9 Å². The number of benzene rings is 1. The van der Waals surface area contributed by atoms with Crippen LogP contribution in [0.4, 0.5) is 5.69 Å². The predicted octanol–water partition coefficient (Wildman–Crippen LogP) is 1.67. The molecule has 0 unspecified atom stereocenters. The smallest absolute Gasteiger partial charge is 0.243 e. The number of hydrogen-bond donors (Lipinski definition) is 2. The minimum absolute atomic E-state index is 0.129. The fourth-order valence-corrected chi connectivity index (χ4v) is 6.51. The van der Waals surface area contributed by atoms with Crippen molar-refractivity contribution in [2.24, 2.45) is 0 Å². The third-order valence-corrected chi connectivity index (χ3v) is 8.92. The lowest BCUT2D eigenvalue weighted by Crippen LogP contribution is -2.58. The summed E-state index contributed by atoms with van der Waals surface area (Å²) >= 11 is 0. The van der Waals surface area contributed by atoms with Gasteiger partial charge in [-0.1, -0.05) is 0 Å². The molecule has 2 aliphatic rings. The summed E-state index contributed by atoms with van der Waals surface area (Å²) < 4.78 is 33.6. The van der Waals surface area contributed by atoms with Gasteiger partial charge in [0.05, 0.1) is 34.3 Å². The maximum Gasteiger partial charge on any atom is 0.243 e. The van der Waals surface area contributed by atoms with Crippen LogP contribution in [0.15, 0.2) is 47.5 Å². The minimum Gasteiger partial charge on any atom is -0.391 e. The summed E-state index contributed by atoms with van der Waals surface area (Å²) in [5.74, 6) is -0.230. The van der Waals surface area contributed by atoms with Gasteiger partial charge in [0.1, 0.15) is 6.04 Å². The summed E-state index contributed by atoms with van der Waals surface area (Å²) in [4.78, 5) is 24.3. The Bertz CT molecular complexity index is 1340. The number of nitrogens with one attached hydrogen (secondary N) is 1. The molecule has 11 heteroatoms. The van der Waals surface area contributed by atoms with Gasteiger partial charge in [-0.3, -0.25) is 9.78 Å². The molecule has 4 heterocycles. The Labute approximate surface area is 210 Å². The number of carbonyl (C=O) groups is 1. The number of β-amino-alcohol motifs (C(OH)–C–C–N with tert-alkyl or cyclic N) is 1. The number of sulfonamides is 1. The lowest BCUT2D eigenvalue weighted by molar-refractivity contribution is -0.137. The fourth-order valence-electron chi connectivity index (χ4n) is 4.86. The fraction of sp³-hybridized carbons (Fsp3) is 0.440. The summed E-state index contributed by atoms with van der Waals surface area (Å²) in [5, 5.41) is 10.1. The normalized spacial score (nSPS) is 20.6. The van der Waals surface area contributed by atoms with Crippen molar-refractivity contribution in [2.75, 3.05) is 51.8 Å². The number of anilines is 1. The van der Waals surface area contributed by atoms with E-state index in [1.54, 1.807) is 38.6 Å². The van der Waals surface area contributed by atoms with Crippen molar-refractivity contribution >= 4 is 32.7 Å². The van der Waals surface area contributed by atoms with Crippen LogP contribution < -0.4 is 4.90 Å². The second kappa shape index (κ2) is 9.81. The van der Waals surface area contributed by atoms with E-state index >= 15 is 0 Å². The molecular formula is C25H31N5O5S. The van der Waals surface area contributed by atoms with Gasteiger partial charge in [-0.25, -0.2) is 8.42 Å². The highest BCUT2D eigenvalue weighted by Crippen LogP contribution is 2.37. The molecule has 1 aromatic carbocycles. The Morgan fingerprint density at radius 1 is 1.25 bits per heavy atom. The third-order valence-electron chi connectivity index (χ3n) is 7.02. The molecule has 0 bridgehead atoms. The first-order chi connectivity index (χ1) is 17.3. The van der Waals surface area contributed by atoms with Crippen molar-refractivity contribution in [1.29, 1.82) is 0 Å². The van der Waals surface area contributed by atoms with Crippen molar-refractivity contribution in [3.05, 3.63) is 42.6 Å². The van der Waals surface area contributed by atoms with Crippen LogP contribution in [0, 0.1) is 0 Å². The average molecular weight is 514 g/mol. The number of ether oxygens (including phenoxy) is 1. The van der Waals surface area contributed by atoms with Crippen molar-refractivity contribution in [1.82, 2.24) is 19.2 Å². The molecule has 0 saturated carbocycles. The van der Waals surface area contributed by atoms with Gasteiger partial charge < -0.3 is 24.6 Å². The number of rotatable bonds is 8. The van der Waals surface area contributed by atoms with E-state index in [0.717, 1.165) is 22.4 Å². The number of aliphatic hydroxyl groups is 1. The highest BCUT2D eigenvalue weighted by Gasteiger charge is 2.44. The molecule has 2 N–H and O–H groups in total. The Hall–Kier alpha value is -2.99. The standard InChI is InChI=1S/C25H31N5O5S/c1-28(12-13-35-2)25(32)24-8-11-30(24)36(33,34)18-5-6-23(29-10-7-17(31)16-29)19(14-18)21-15-22-20(27-21)4-3-9-26-22/h3-6,9,14-15,17,24,27,31H,7-8,10-13,16H2,1-2H3/t17-,24-/m0/s1. The third kappa shape index (κ3) is 4.47. The summed E-state index contributed by atoms with van der Waals surface area (Å²) in [6, 6.07) is 9.99. The SMILES string of the molecule is COCCN(C)C(=O)[C@@H]1CCN1S(=O)(=O)c1ccc(N2CC[C@H](O)C2)c(-c2cc3ncccc3[nH]2)c1. The van der Waals surface area contributed by atoms with Crippen LogP contribution in [0.1, 0.15) is 12.8 Å². The number of aliphatic hydroxyl groups excluding tert-OH is 1. The van der Waals surface area contributed by atoms with Gasteiger partial charge in [-0.15, -0.1) is 0 Å². The summed E-state index contributed by atoms with van der Waals surface area (Å²) in [6.45, 7) is 2.23. The van der Waals surface area contributed by atoms with Crippen molar-refractivity contribution in [3.63, 3.8) is 0 Å². The predicted molar refractivity (Wildman–Crippen MR) is 136 cm³/mol. The van der Waals surface area contributed by atoms with Crippen molar-refractivity contribution in [2.45, 2.75) is 29.9 Å². The lowest BCUT2D eigenvalue weighted by Gasteiger charge is -2.40. The van der Waals surface area contributed by atoms with Gasteiger partial charge >= 0.3 is 0 Å². The lowest BCUT2D eigenvalue weighted by atomic mass is 10.1. The Kier molecular flexibility index (Phi) is 6.73. The van der Waals surface area contributed by atoms with E-state index in [0.29, 0.717) is 51.2 Å². The number of likely N-dealkylation sites (N-methyl/N-ethyl adjacent to an activating group) is 1. The molecule has 2 fully saturated rings. The zero-order valence-electron chi connectivity index (χ0n) is 20.4. The van der Waals surface area contributed by atoms with Crippen molar-refractivity contribution < 1.29 is 23.1 Å². The molecule has 0 radical (unpaired) electrons. The van der Waals surface area contributed by atoms with Crippen LogP contribution in [-0.4, -0.2) is 97.7 Å². The van der Waals surface area contributed by atoms with Gasteiger partial charge in [0, 0.05) is 57.8 Å². The molecule has 2 aromatic heterocycles. The molecular weight excluding hydrogens is 482 g/mol. The topological polar surface area (TPSA) is 119 Å². The van der Waals surface area contributed by atoms with Crippen LogP contribution in [0.25, 0.3) is 22.3 Å². The number of H-pyrrole nitrogens is 1.